The zero-order valence-electron chi connectivity index (χ0n) is 12.8. The van der Waals surface area contributed by atoms with Crippen LogP contribution < -0.4 is 4.72 Å². The van der Waals surface area contributed by atoms with E-state index in [1.165, 1.54) is 0 Å². The Balaban J connectivity index is 2.41. The molecule has 0 radical (unpaired) electrons. The van der Waals surface area contributed by atoms with Gasteiger partial charge in [-0.25, -0.2) is 4.99 Å². The first-order valence-corrected chi connectivity index (χ1v) is 7.48. The summed E-state index contributed by atoms with van der Waals surface area (Å²) in [7, 11) is 0. The van der Waals surface area contributed by atoms with Gasteiger partial charge in [0.2, 0.25) is 5.88 Å². The van der Waals surface area contributed by atoms with E-state index in [1.54, 1.807) is 19.1 Å². The van der Waals surface area contributed by atoms with Crippen molar-refractivity contribution in [1.29, 1.82) is 0 Å². The highest BCUT2D eigenvalue weighted by atomic mass is 32.1. The Hall–Kier alpha value is -1.27. The molecule has 1 fully saturated rings. The van der Waals surface area contributed by atoms with Gasteiger partial charge in [-0.15, -0.1) is 0 Å². The molecule has 0 saturated heterocycles. The molecule has 0 unspecified atom stereocenters. The smallest absolute Gasteiger partial charge is 0.212 e. The average molecular weight is 312 g/mol. The molecule has 1 aliphatic carbocycles. The molecule has 1 saturated carbocycles. The normalized spacial score (nSPS) is 22.7. The second kappa shape index (κ2) is 8.89. The van der Waals surface area contributed by atoms with Gasteiger partial charge in [0.05, 0.1) is 5.76 Å². The maximum absolute atomic E-state index is 11.5. The van der Waals surface area contributed by atoms with Crippen LogP contribution in [0.3, 0.4) is 0 Å². The minimum absolute atomic E-state index is 0.0194. The average Bonchev–Trinajstić information content (AvgIpc) is 2.42. The van der Waals surface area contributed by atoms with Gasteiger partial charge >= 0.3 is 0 Å². The summed E-state index contributed by atoms with van der Waals surface area (Å²) >= 11 is 4.01. The summed E-state index contributed by atoms with van der Waals surface area (Å²) in [5, 5.41) is 0. The molecule has 0 spiro atoms. The number of ether oxygens (including phenoxy) is 2. The zero-order valence-corrected chi connectivity index (χ0v) is 13.7. The Morgan fingerprint density at radius 2 is 2.14 bits per heavy atom. The molecule has 6 heteroatoms. The standard InChI is InChI=1S/C15H24N2O3S/c1-10(2)14(18)9-19-11(3)5-6-15(16-4)20-13-7-12(8-13)17-21/h5-6,10,12-13,17,21H,4,7-9H2,1-3H3/b11-5+,15-6+. The Bertz CT molecular complexity index is 427. The summed E-state index contributed by atoms with van der Waals surface area (Å²) in [6.45, 7) is 9.06. The summed E-state index contributed by atoms with van der Waals surface area (Å²) in [5.41, 5.74) is 0. The van der Waals surface area contributed by atoms with Crippen LogP contribution in [0.5, 0.6) is 0 Å². The molecule has 21 heavy (non-hydrogen) atoms. The number of aliphatic imine (C=N–C) groups is 1. The number of thiol groups is 1. The lowest BCUT2D eigenvalue weighted by Crippen LogP contribution is -2.41. The topological polar surface area (TPSA) is 59.9 Å². The third-order valence-electron chi connectivity index (χ3n) is 3.27. The molecule has 0 aliphatic heterocycles. The number of hydrogen-bond donors (Lipinski definition) is 2. The highest BCUT2D eigenvalue weighted by molar-refractivity contribution is 7.78. The first-order valence-electron chi connectivity index (χ1n) is 7.03. The van der Waals surface area contributed by atoms with Crippen molar-refractivity contribution in [2.45, 2.75) is 45.8 Å². The molecule has 5 nitrogen and oxygen atoms in total. The summed E-state index contributed by atoms with van der Waals surface area (Å²) < 4.78 is 13.9. The molecule has 1 N–H and O–H groups in total. The van der Waals surface area contributed by atoms with Gasteiger partial charge in [-0.2, -0.15) is 0 Å². The van der Waals surface area contributed by atoms with E-state index in [4.69, 9.17) is 9.47 Å². The highest BCUT2D eigenvalue weighted by Crippen LogP contribution is 2.26. The van der Waals surface area contributed by atoms with Crippen LogP contribution in [0.25, 0.3) is 0 Å². The van der Waals surface area contributed by atoms with Gasteiger partial charge in [0.15, 0.2) is 5.78 Å². The molecule has 0 atom stereocenters. The second-order valence-corrected chi connectivity index (χ2v) is 5.65. The maximum atomic E-state index is 11.5. The van der Waals surface area contributed by atoms with Gasteiger partial charge in [-0.1, -0.05) is 26.7 Å². The van der Waals surface area contributed by atoms with Crippen molar-refractivity contribution in [3.05, 3.63) is 23.8 Å². The largest absolute Gasteiger partial charge is 0.490 e. The molecular formula is C15H24N2O3S. The van der Waals surface area contributed by atoms with Crippen LogP contribution in [0.15, 0.2) is 28.8 Å². The van der Waals surface area contributed by atoms with Gasteiger partial charge in [-0.05, 0) is 19.7 Å². The number of rotatable bonds is 9. The van der Waals surface area contributed by atoms with Crippen LogP contribution >= 0.6 is 12.8 Å². The predicted molar refractivity (Wildman–Crippen MR) is 87.2 cm³/mol. The molecule has 118 valence electrons. The van der Waals surface area contributed by atoms with Gasteiger partial charge in [0, 0.05) is 30.9 Å². The first kappa shape index (κ1) is 17.8. The van der Waals surface area contributed by atoms with Crippen LogP contribution in [-0.4, -0.2) is 31.3 Å². The molecule has 0 amide bonds. The van der Waals surface area contributed by atoms with Crippen molar-refractivity contribution in [1.82, 2.24) is 4.72 Å². The fourth-order valence-electron chi connectivity index (χ4n) is 1.66. The molecule has 1 aliphatic rings. The molecule has 0 aromatic rings. The summed E-state index contributed by atoms with van der Waals surface area (Å²) in [4.78, 5) is 15.3. The summed E-state index contributed by atoms with van der Waals surface area (Å²) in [6, 6.07) is 0.395. The lowest BCUT2D eigenvalue weighted by molar-refractivity contribution is -0.125. The van der Waals surface area contributed by atoms with E-state index in [0.29, 0.717) is 17.7 Å². The number of nitrogens with zero attached hydrogens (tertiary/aromatic N) is 1. The van der Waals surface area contributed by atoms with Crippen molar-refractivity contribution < 1.29 is 14.3 Å². The number of Topliss-reactive ketones (excluding diaryl/α,β-unsaturated/α-hetero) is 1. The molecule has 0 aromatic heterocycles. The number of carbonyl (C=O) groups excluding carboxylic acids is 1. The maximum Gasteiger partial charge on any atom is 0.212 e. The molecular weight excluding hydrogens is 288 g/mol. The number of ketones is 1. The van der Waals surface area contributed by atoms with Crippen LogP contribution in [0.4, 0.5) is 0 Å². The van der Waals surface area contributed by atoms with E-state index in [9.17, 15) is 4.79 Å². The van der Waals surface area contributed by atoms with Crippen molar-refractivity contribution in [2.75, 3.05) is 6.61 Å². The van der Waals surface area contributed by atoms with Crippen LogP contribution in [0, 0.1) is 5.92 Å². The first-order chi connectivity index (χ1) is 9.96. The monoisotopic (exact) mass is 312 g/mol. The van der Waals surface area contributed by atoms with E-state index in [2.05, 4.69) is 29.2 Å². The quantitative estimate of drug-likeness (QED) is 0.297. The summed E-state index contributed by atoms with van der Waals surface area (Å²) in [6.07, 6.45) is 5.37. The Labute approximate surface area is 132 Å². The van der Waals surface area contributed by atoms with Crippen molar-refractivity contribution >= 4 is 25.3 Å². The van der Waals surface area contributed by atoms with Crippen molar-refractivity contribution in [3.63, 3.8) is 0 Å². The van der Waals surface area contributed by atoms with Crippen LogP contribution in [0.2, 0.25) is 0 Å². The molecule has 0 bridgehead atoms. The van der Waals surface area contributed by atoms with Gasteiger partial charge < -0.3 is 9.47 Å². The third kappa shape index (κ3) is 6.35. The van der Waals surface area contributed by atoms with E-state index < -0.39 is 0 Å². The Morgan fingerprint density at radius 1 is 1.48 bits per heavy atom. The minimum Gasteiger partial charge on any atom is -0.490 e. The number of carbonyl (C=O) groups is 1. The highest BCUT2D eigenvalue weighted by Gasteiger charge is 2.30. The fraction of sp³-hybridized carbons (Fsp3) is 0.600. The van der Waals surface area contributed by atoms with Gasteiger partial charge in [-0.3, -0.25) is 9.52 Å². The molecule has 0 heterocycles. The number of nitrogens with one attached hydrogen (secondary N) is 1. The lowest BCUT2D eigenvalue weighted by Gasteiger charge is -2.34. The van der Waals surface area contributed by atoms with Gasteiger partial charge in [0.25, 0.3) is 0 Å². The molecule has 0 aromatic carbocycles. The molecule has 1 rings (SSSR count). The van der Waals surface area contributed by atoms with E-state index in [-0.39, 0.29) is 24.4 Å². The zero-order chi connectivity index (χ0) is 15.8. The Morgan fingerprint density at radius 3 is 2.67 bits per heavy atom. The predicted octanol–water partition coefficient (Wildman–Crippen LogP) is 2.66. The van der Waals surface area contributed by atoms with E-state index in [1.807, 2.05) is 13.8 Å². The fourth-order valence-corrected chi connectivity index (χ4v) is 1.87. The minimum atomic E-state index is -0.0194. The number of allylic oxidation sites excluding steroid dienone is 3. The Kier molecular flexibility index (Phi) is 7.53. The second-order valence-electron chi connectivity index (χ2n) is 5.39. The number of hydrogen-bond acceptors (Lipinski definition) is 6. The summed E-state index contributed by atoms with van der Waals surface area (Å²) in [5.74, 6) is 1.15. The third-order valence-corrected chi connectivity index (χ3v) is 3.63. The lowest BCUT2D eigenvalue weighted by atomic mass is 9.90. The van der Waals surface area contributed by atoms with E-state index >= 15 is 0 Å². The van der Waals surface area contributed by atoms with E-state index in [0.717, 1.165) is 12.8 Å². The van der Waals surface area contributed by atoms with Crippen molar-refractivity contribution in [3.8, 4) is 0 Å². The van der Waals surface area contributed by atoms with Gasteiger partial charge in [0.1, 0.15) is 12.7 Å². The van der Waals surface area contributed by atoms with Crippen molar-refractivity contribution in [2.24, 2.45) is 10.9 Å². The SMILES string of the molecule is C=N/C(=C\C=C(/C)OCC(=O)C(C)C)OC1CC(NS)C1. The van der Waals surface area contributed by atoms with Crippen LogP contribution in [0.1, 0.15) is 33.6 Å². The van der Waals surface area contributed by atoms with Crippen LogP contribution in [-0.2, 0) is 14.3 Å².